The maximum absolute atomic E-state index is 9.41. The van der Waals surface area contributed by atoms with Gasteiger partial charge < -0.3 is 15.3 Å². The first kappa shape index (κ1) is 12.3. The van der Waals surface area contributed by atoms with E-state index in [0.717, 1.165) is 31.8 Å². The molecule has 3 nitrogen and oxygen atoms in total. The van der Waals surface area contributed by atoms with Gasteiger partial charge in [-0.3, -0.25) is 0 Å². The largest absolute Gasteiger partial charge is 0.393 e. The van der Waals surface area contributed by atoms with Crippen LogP contribution in [0.15, 0.2) is 0 Å². The monoisotopic (exact) mass is 226 g/mol. The number of hydrogen-bond donors (Lipinski definition) is 2. The zero-order chi connectivity index (χ0) is 11.2. The van der Waals surface area contributed by atoms with Crippen LogP contribution in [-0.4, -0.2) is 48.8 Å². The lowest BCUT2D eigenvalue weighted by atomic mass is 10.1. The number of hydrogen-bond acceptors (Lipinski definition) is 3. The molecule has 1 aliphatic carbocycles. The van der Waals surface area contributed by atoms with E-state index in [2.05, 4.69) is 10.2 Å². The fourth-order valence-electron chi connectivity index (χ4n) is 2.97. The van der Waals surface area contributed by atoms with Gasteiger partial charge in [0.1, 0.15) is 0 Å². The van der Waals surface area contributed by atoms with Crippen LogP contribution in [-0.2, 0) is 0 Å². The number of aliphatic hydroxyl groups excluding tert-OH is 1. The summed E-state index contributed by atoms with van der Waals surface area (Å²) < 4.78 is 0. The summed E-state index contributed by atoms with van der Waals surface area (Å²) in [5.74, 6) is 0.724. The van der Waals surface area contributed by atoms with Crippen LogP contribution in [0.5, 0.6) is 0 Å². The highest BCUT2D eigenvalue weighted by Gasteiger charge is 2.21. The Bertz CT molecular complexity index is 192. The maximum atomic E-state index is 9.41. The van der Waals surface area contributed by atoms with Crippen molar-refractivity contribution >= 4 is 0 Å². The van der Waals surface area contributed by atoms with Gasteiger partial charge in [-0.1, -0.05) is 0 Å². The first-order valence-corrected chi connectivity index (χ1v) is 6.96. The van der Waals surface area contributed by atoms with E-state index in [1.807, 2.05) is 0 Å². The van der Waals surface area contributed by atoms with Crippen molar-refractivity contribution in [2.75, 3.05) is 32.7 Å². The molecule has 2 aliphatic rings. The Morgan fingerprint density at radius 1 is 1.19 bits per heavy atom. The summed E-state index contributed by atoms with van der Waals surface area (Å²) >= 11 is 0. The Kier molecular flexibility index (Phi) is 5.07. The van der Waals surface area contributed by atoms with Gasteiger partial charge in [0, 0.05) is 0 Å². The molecule has 2 unspecified atom stereocenters. The molecule has 0 spiro atoms. The molecule has 0 radical (unpaired) electrons. The standard InChI is InChI=1S/C13H26N2O/c16-13-5-4-12(10-13)11-14-6-3-9-15-7-1-2-8-15/h12-14,16H,1-11H2. The third-order valence-corrected chi connectivity index (χ3v) is 3.97. The second-order valence-corrected chi connectivity index (χ2v) is 5.44. The van der Waals surface area contributed by atoms with Gasteiger partial charge in [-0.2, -0.15) is 0 Å². The van der Waals surface area contributed by atoms with Gasteiger partial charge in [-0.25, -0.2) is 0 Å². The lowest BCUT2D eigenvalue weighted by molar-refractivity contribution is 0.177. The highest BCUT2D eigenvalue weighted by atomic mass is 16.3. The molecule has 0 aromatic rings. The first-order valence-electron chi connectivity index (χ1n) is 6.96. The van der Waals surface area contributed by atoms with Gasteiger partial charge in [0.15, 0.2) is 0 Å². The number of nitrogens with one attached hydrogen (secondary N) is 1. The molecule has 1 heterocycles. The molecule has 0 aromatic carbocycles. The van der Waals surface area contributed by atoms with Crippen LogP contribution in [0.1, 0.15) is 38.5 Å². The molecular formula is C13H26N2O. The van der Waals surface area contributed by atoms with E-state index >= 15 is 0 Å². The Labute approximate surface area is 99.2 Å². The van der Waals surface area contributed by atoms with Crippen molar-refractivity contribution in [2.45, 2.75) is 44.6 Å². The van der Waals surface area contributed by atoms with Crippen molar-refractivity contribution in [3.8, 4) is 0 Å². The van der Waals surface area contributed by atoms with Crippen LogP contribution >= 0.6 is 0 Å². The average molecular weight is 226 g/mol. The van der Waals surface area contributed by atoms with Gasteiger partial charge in [-0.05, 0) is 77.2 Å². The highest BCUT2D eigenvalue weighted by Crippen LogP contribution is 2.24. The van der Waals surface area contributed by atoms with Crippen molar-refractivity contribution in [2.24, 2.45) is 5.92 Å². The summed E-state index contributed by atoms with van der Waals surface area (Å²) in [7, 11) is 0. The van der Waals surface area contributed by atoms with Gasteiger partial charge in [0.05, 0.1) is 6.10 Å². The predicted octanol–water partition coefficient (Wildman–Crippen LogP) is 1.22. The SMILES string of the molecule is OC1CCC(CNCCCN2CCCC2)C1. The maximum Gasteiger partial charge on any atom is 0.0543 e. The Morgan fingerprint density at radius 2 is 2.00 bits per heavy atom. The molecule has 1 aliphatic heterocycles. The second-order valence-electron chi connectivity index (χ2n) is 5.44. The third kappa shape index (κ3) is 4.04. The summed E-state index contributed by atoms with van der Waals surface area (Å²) in [6.45, 7) is 6.14. The molecule has 1 saturated carbocycles. The smallest absolute Gasteiger partial charge is 0.0543 e. The highest BCUT2D eigenvalue weighted by molar-refractivity contribution is 4.76. The lowest BCUT2D eigenvalue weighted by Gasteiger charge is -2.15. The fourth-order valence-corrected chi connectivity index (χ4v) is 2.97. The van der Waals surface area contributed by atoms with Crippen molar-refractivity contribution < 1.29 is 5.11 Å². The van der Waals surface area contributed by atoms with Crippen LogP contribution in [0.4, 0.5) is 0 Å². The van der Waals surface area contributed by atoms with E-state index < -0.39 is 0 Å². The summed E-state index contributed by atoms with van der Waals surface area (Å²) in [5.41, 5.74) is 0. The van der Waals surface area contributed by atoms with E-state index in [4.69, 9.17) is 0 Å². The topological polar surface area (TPSA) is 35.5 Å². The quantitative estimate of drug-likeness (QED) is 0.669. The minimum Gasteiger partial charge on any atom is -0.393 e. The minimum atomic E-state index is -0.0172. The Hall–Kier alpha value is -0.120. The van der Waals surface area contributed by atoms with Crippen molar-refractivity contribution in [3.63, 3.8) is 0 Å². The Morgan fingerprint density at radius 3 is 2.69 bits per heavy atom. The number of likely N-dealkylation sites (tertiary alicyclic amines) is 1. The molecule has 0 aromatic heterocycles. The molecular weight excluding hydrogens is 200 g/mol. The van der Waals surface area contributed by atoms with Crippen LogP contribution in [0.2, 0.25) is 0 Å². The van der Waals surface area contributed by atoms with E-state index in [0.29, 0.717) is 0 Å². The zero-order valence-corrected chi connectivity index (χ0v) is 10.3. The number of rotatable bonds is 6. The minimum absolute atomic E-state index is 0.0172. The van der Waals surface area contributed by atoms with E-state index in [1.54, 1.807) is 0 Å². The molecule has 0 bridgehead atoms. The van der Waals surface area contributed by atoms with Crippen LogP contribution in [0.3, 0.4) is 0 Å². The second kappa shape index (κ2) is 6.58. The van der Waals surface area contributed by atoms with Gasteiger partial charge in [0.25, 0.3) is 0 Å². The molecule has 94 valence electrons. The summed E-state index contributed by atoms with van der Waals surface area (Å²) in [6, 6.07) is 0. The van der Waals surface area contributed by atoms with Gasteiger partial charge in [-0.15, -0.1) is 0 Å². The molecule has 2 fully saturated rings. The molecule has 16 heavy (non-hydrogen) atoms. The third-order valence-electron chi connectivity index (χ3n) is 3.97. The molecule has 2 atom stereocenters. The molecule has 2 rings (SSSR count). The van der Waals surface area contributed by atoms with Crippen molar-refractivity contribution in [1.29, 1.82) is 0 Å². The summed E-state index contributed by atoms with van der Waals surface area (Å²) in [6.07, 6.45) is 7.28. The van der Waals surface area contributed by atoms with E-state index in [1.165, 1.54) is 45.3 Å². The van der Waals surface area contributed by atoms with E-state index in [-0.39, 0.29) is 6.10 Å². The fraction of sp³-hybridized carbons (Fsp3) is 1.00. The zero-order valence-electron chi connectivity index (χ0n) is 10.3. The first-order chi connectivity index (χ1) is 7.84. The normalized spacial score (nSPS) is 31.3. The van der Waals surface area contributed by atoms with Crippen LogP contribution in [0.25, 0.3) is 0 Å². The van der Waals surface area contributed by atoms with Crippen LogP contribution in [0, 0.1) is 5.92 Å². The van der Waals surface area contributed by atoms with Crippen molar-refractivity contribution in [3.05, 3.63) is 0 Å². The van der Waals surface area contributed by atoms with Crippen molar-refractivity contribution in [1.82, 2.24) is 10.2 Å². The van der Waals surface area contributed by atoms with Gasteiger partial charge >= 0.3 is 0 Å². The molecule has 3 heteroatoms. The van der Waals surface area contributed by atoms with E-state index in [9.17, 15) is 5.11 Å². The predicted molar refractivity (Wildman–Crippen MR) is 66.5 cm³/mol. The lowest BCUT2D eigenvalue weighted by Crippen LogP contribution is -2.27. The average Bonchev–Trinajstić information content (AvgIpc) is 2.89. The Balaban J connectivity index is 1.43. The molecule has 1 saturated heterocycles. The van der Waals surface area contributed by atoms with Crippen LogP contribution < -0.4 is 5.32 Å². The summed E-state index contributed by atoms with van der Waals surface area (Å²) in [5, 5.41) is 12.9. The summed E-state index contributed by atoms with van der Waals surface area (Å²) in [4.78, 5) is 2.57. The number of aliphatic hydroxyl groups is 1. The molecule has 0 amide bonds. The molecule has 2 N–H and O–H groups in total. The van der Waals surface area contributed by atoms with Gasteiger partial charge in [0.2, 0.25) is 0 Å². The number of nitrogens with zero attached hydrogens (tertiary/aromatic N) is 1.